The van der Waals surface area contributed by atoms with E-state index in [-0.39, 0.29) is 40.6 Å². The second kappa shape index (κ2) is 17.4. The van der Waals surface area contributed by atoms with Gasteiger partial charge >= 0.3 is 5.97 Å². The number of phenolic OH excluding ortho intramolecular Hbond substituents is 2. The maximum absolute atomic E-state index is 14.1. The molecule has 0 spiro atoms. The van der Waals surface area contributed by atoms with Gasteiger partial charge in [-0.1, -0.05) is 36.4 Å². The van der Waals surface area contributed by atoms with Crippen LogP contribution >= 0.6 is 11.8 Å². The number of carbonyl (C=O) groups excluding carboxylic acids is 3. The molecule has 1 unspecified atom stereocenters. The molecule has 3 atom stereocenters. The summed E-state index contributed by atoms with van der Waals surface area (Å²) in [6.45, 7) is 1.75. The first kappa shape index (κ1) is 37.5. The summed E-state index contributed by atoms with van der Waals surface area (Å²) in [5.41, 5.74) is 2.65. The highest BCUT2D eigenvalue weighted by Crippen LogP contribution is 2.44. The van der Waals surface area contributed by atoms with E-state index in [1.165, 1.54) is 6.07 Å². The van der Waals surface area contributed by atoms with Crippen LogP contribution in [0.1, 0.15) is 103 Å². The van der Waals surface area contributed by atoms with Crippen LogP contribution in [0.25, 0.3) is 17.1 Å². The van der Waals surface area contributed by atoms with Crippen LogP contribution in [0, 0.1) is 0 Å². The molecule has 1 aliphatic heterocycles. The Kier molecular flexibility index (Phi) is 12.8. The van der Waals surface area contributed by atoms with Crippen LogP contribution in [0.15, 0.2) is 60.7 Å². The van der Waals surface area contributed by atoms with Gasteiger partial charge in [0.1, 0.15) is 34.4 Å². The number of nitrogens with zero attached hydrogens (tertiary/aromatic N) is 2. The van der Waals surface area contributed by atoms with Gasteiger partial charge in [-0.2, -0.15) is 11.8 Å². The van der Waals surface area contributed by atoms with Crippen LogP contribution in [0.5, 0.6) is 17.2 Å². The summed E-state index contributed by atoms with van der Waals surface area (Å²) >= 11 is 1.67. The average molecular weight is 714 g/mol. The number of benzene rings is 3. The number of imidazole rings is 1. The molecule has 0 saturated heterocycles. The van der Waals surface area contributed by atoms with E-state index < -0.39 is 29.8 Å². The van der Waals surface area contributed by atoms with E-state index >= 15 is 0 Å². The number of thioether (sulfide) groups is 1. The molecule has 0 fully saturated rings. The number of aryl methyl sites for hydroxylation is 1. The van der Waals surface area contributed by atoms with Crippen LogP contribution in [0.4, 0.5) is 0 Å². The van der Waals surface area contributed by atoms with Crippen molar-refractivity contribution in [2.24, 2.45) is 7.05 Å². The SMILES string of the molecule is COc1ccc(C(CC(=O)N[C@@H](CCSC)c2nc3ccccc3n2C)c2c(O)cc3c(c2O)C(=O)O[C@@H](C)CCCC(=O)CCCC=C3)cc1. The minimum Gasteiger partial charge on any atom is -0.507 e. The van der Waals surface area contributed by atoms with Crippen LogP contribution in [-0.4, -0.2) is 62.6 Å². The molecule has 1 amide bonds. The van der Waals surface area contributed by atoms with E-state index in [2.05, 4.69) is 5.32 Å². The molecular formula is C40H47N3O7S. The molecule has 0 radical (unpaired) electrons. The molecule has 0 aliphatic carbocycles. The molecular weight excluding hydrogens is 667 g/mol. The Morgan fingerprint density at radius 3 is 2.59 bits per heavy atom. The summed E-state index contributed by atoms with van der Waals surface area (Å²) in [7, 11) is 3.49. The highest BCUT2D eigenvalue weighted by Gasteiger charge is 2.32. The number of cyclic esters (lactones) is 1. The van der Waals surface area contributed by atoms with E-state index in [1.54, 1.807) is 56.1 Å². The molecule has 2 heterocycles. The van der Waals surface area contributed by atoms with Gasteiger partial charge in [0.2, 0.25) is 5.91 Å². The maximum atomic E-state index is 14.1. The van der Waals surface area contributed by atoms with Crippen LogP contribution < -0.4 is 10.1 Å². The van der Waals surface area contributed by atoms with Crippen molar-refractivity contribution in [2.75, 3.05) is 19.1 Å². The van der Waals surface area contributed by atoms with E-state index in [0.29, 0.717) is 56.3 Å². The lowest BCUT2D eigenvalue weighted by Crippen LogP contribution is -2.32. The van der Waals surface area contributed by atoms with E-state index in [9.17, 15) is 24.6 Å². The monoisotopic (exact) mass is 713 g/mol. The molecule has 11 heteroatoms. The summed E-state index contributed by atoms with van der Waals surface area (Å²) in [5, 5.41) is 26.7. The predicted molar refractivity (Wildman–Crippen MR) is 200 cm³/mol. The third-order valence-electron chi connectivity index (χ3n) is 9.39. The fraction of sp³-hybridized carbons (Fsp3) is 0.400. The number of aromatic nitrogens is 2. The summed E-state index contributed by atoms with van der Waals surface area (Å²) in [6.07, 6.45) is 8.66. The Balaban J connectivity index is 1.55. The molecule has 1 aromatic heterocycles. The molecule has 0 bridgehead atoms. The third kappa shape index (κ3) is 9.13. The summed E-state index contributed by atoms with van der Waals surface area (Å²) in [6, 6.07) is 15.9. The number of hydrogen-bond acceptors (Lipinski definition) is 9. The van der Waals surface area contributed by atoms with Gasteiger partial charge in [-0.25, -0.2) is 9.78 Å². The first-order valence-electron chi connectivity index (χ1n) is 17.4. The molecule has 4 aromatic rings. The lowest BCUT2D eigenvalue weighted by Gasteiger charge is -2.24. The number of hydrogen-bond donors (Lipinski definition) is 3. The summed E-state index contributed by atoms with van der Waals surface area (Å²) in [4.78, 5) is 44.9. The quantitative estimate of drug-likeness (QED) is 0.142. The minimum atomic E-state index is -0.851. The molecule has 3 aromatic carbocycles. The molecule has 0 saturated carbocycles. The van der Waals surface area contributed by atoms with E-state index in [0.717, 1.165) is 22.6 Å². The number of amides is 1. The Bertz CT molecular complexity index is 1890. The number of aromatic hydroxyl groups is 2. The number of para-hydroxylation sites is 2. The van der Waals surface area contributed by atoms with Crippen molar-refractivity contribution in [3.8, 4) is 17.2 Å². The van der Waals surface area contributed by atoms with Gasteiger partial charge < -0.3 is 29.6 Å². The van der Waals surface area contributed by atoms with Gasteiger partial charge in [-0.05, 0) is 92.5 Å². The number of Topliss-reactive ketones (excluding diaryl/α,β-unsaturated/α-hetero) is 1. The van der Waals surface area contributed by atoms with Crippen LogP contribution in [-0.2, 0) is 21.4 Å². The van der Waals surface area contributed by atoms with Crippen LogP contribution in [0.3, 0.4) is 0 Å². The molecule has 5 rings (SSSR count). The molecule has 270 valence electrons. The Hall–Kier alpha value is -4.77. The number of esters is 1. The number of carbonyl (C=O) groups is 3. The maximum Gasteiger partial charge on any atom is 0.342 e. The Morgan fingerprint density at radius 1 is 1.12 bits per heavy atom. The number of rotatable bonds is 10. The van der Waals surface area contributed by atoms with Crippen molar-refractivity contribution in [2.45, 2.75) is 76.4 Å². The van der Waals surface area contributed by atoms with Crippen molar-refractivity contribution < 1.29 is 34.1 Å². The van der Waals surface area contributed by atoms with Crippen molar-refractivity contribution in [1.29, 1.82) is 0 Å². The number of methoxy groups -OCH3 is 1. The van der Waals surface area contributed by atoms with E-state index in [1.807, 2.05) is 48.2 Å². The molecule has 10 nitrogen and oxygen atoms in total. The first-order chi connectivity index (χ1) is 24.6. The second-order valence-corrected chi connectivity index (χ2v) is 14.0. The normalized spacial score (nSPS) is 16.9. The van der Waals surface area contributed by atoms with Crippen LogP contribution in [0.2, 0.25) is 0 Å². The zero-order valence-corrected chi connectivity index (χ0v) is 30.5. The van der Waals surface area contributed by atoms with Gasteiger partial charge in [0.15, 0.2) is 0 Å². The zero-order chi connectivity index (χ0) is 36.5. The summed E-state index contributed by atoms with van der Waals surface area (Å²) < 4.78 is 13.1. The van der Waals surface area contributed by atoms with Gasteiger partial charge in [-0.3, -0.25) is 9.59 Å². The lowest BCUT2D eigenvalue weighted by atomic mass is 9.84. The first-order valence-corrected chi connectivity index (χ1v) is 18.8. The zero-order valence-electron chi connectivity index (χ0n) is 29.7. The molecule has 1 aliphatic rings. The number of allylic oxidation sites excluding steroid dienone is 1. The van der Waals surface area contributed by atoms with Gasteiger partial charge in [0.05, 0.1) is 30.3 Å². The lowest BCUT2D eigenvalue weighted by molar-refractivity contribution is -0.122. The minimum absolute atomic E-state index is 0.0437. The highest BCUT2D eigenvalue weighted by atomic mass is 32.2. The summed E-state index contributed by atoms with van der Waals surface area (Å²) in [5.74, 6) is -0.347. The molecule has 51 heavy (non-hydrogen) atoms. The standard InChI is InChI=1S/C40H47N3O7S/c1-25-11-10-14-28(44)13-7-5-6-12-27-23-34(45)37(38(47)36(27)40(48)50-25)30(26-17-19-29(49-3)20-18-26)24-35(46)41-32(21-22-51-4)39-42-31-15-8-9-16-33(31)43(39)2/h6,8-9,12,15-20,23,25,30,32,45,47H,5,7,10-11,13-14,21-22,24H2,1-4H3,(H,41,46)/t25-,30?,32-/m0/s1. The van der Waals surface area contributed by atoms with Crippen molar-refractivity contribution in [1.82, 2.24) is 14.9 Å². The Morgan fingerprint density at radius 2 is 1.86 bits per heavy atom. The largest absolute Gasteiger partial charge is 0.507 e. The number of ketones is 1. The van der Waals surface area contributed by atoms with Crippen molar-refractivity contribution in [3.05, 3.63) is 88.8 Å². The average Bonchev–Trinajstić information content (AvgIpc) is 3.44. The van der Waals surface area contributed by atoms with Gasteiger partial charge in [0, 0.05) is 37.8 Å². The fourth-order valence-corrected chi connectivity index (χ4v) is 7.13. The fourth-order valence-electron chi connectivity index (χ4n) is 6.66. The van der Waals surface area contributed by atoms with E-state index in [4.69, 9.17) is 14.5 Å². The predicted octanol–water partition coefficient (Wildman–Crippen LogP) is 7.61. The second-order valence-electron chi connectivity index (χ2n) is 13.0. The van der Waals surface area contributed by atoms with Crippen molar-refractivity contribution >= 4 is 46.5 Å². The van der Waals surface area contributed by atoms with Gasteiger partial charge in [0.25, 0.3) is 0 Å². The number of phenols is 2. The van der Waals surface area contributed by atoms with Gasteiger partial charge in [-0.15, -0.1) is 0 Å². The van der Waals surface area contributed by atoms with Crippen molar-refractivity contribution in [3.63, 3.8) is 0 Å². The third-order valence-corrected chi connectivity index (χ3v) is 10.0. The smallest absolute Gasteiger partial charge is 0.342 e. The Labute approximate surface area is 303 Å². The number of nitrogens with one attached hydrogen (secondary N) is 1. The topological polar surface area (TPSA) is 140 Å². The number of ether oxygens (including phenoxy) is 2. The molecule has 3 N–H and O–H groups in total. The number of fused-ring (bicyclic) bond motifs is 2. The highest BCUT2D eigenvalue weighted by molar-refractivity contribution is 7.98.